The summed E-state index contributed by atoms with van der Waals surface area (Å²) in [5, 5.41) is 2.86. The molecule has 0 atom stereocenters. The summed E-state index contributed by atoms with van der Waals surface area (Å²) < 4.78 is 27.2. The Morgan fingerprint density at radius 2 is 1.72 bits per heavy atom. The van der Waals surface area contributed by atoms with E-state index in [4.69, 9.17) is 0 Å². The van der Waals surface area contributed by atoms with Crippen LogP contribution in [0.4, 0.5) is 10.5 Å². The molecule has 1 aromatic carbocycles. The van der Waals surface area contributed by atoms with Gasteiger partial charge in [0.25, 0.3) is 0 Å². The van der Waals surface area contributed by atoms with Crippen molar-refractivity contribution in [2.75, 3.05) is 45.6 Å². The Labute approximate surface area is 173 Å². The maximum absolute atomic E-state index is 12.9. The number of hydrogen-bond donors (Lipinski definition) is 1. The minimum Gasteiger partial charge on any atom is -0.331 e. The zero-order valence-electron chi connectivity index (χ0n) is 17.9. The average molecular weight is 425 g/mol. The second-order valence-electron chi connectivity index (χ2n) is 7.50. The van der Waals surface area contributed by atoms with E-state index < -0.39 is 10.0 Å². The van der Waals surface area contributed by atoms with Crippen molar-refractivity contribution in [1.29, 1.82) is 0 Å². The van der Waals surface area contributed by atoms with Crippen molar-refractivity contribution in [2.45, 2.75) is 38.5 Å². The number of urea groups is 1. The van der Waals surface area contributed by atoms with Gasteiger partial charge in [-0.1, -0.05) is 19.9 Å². The van der Waals surface area contributed by atoms with Gasteiger partial charge in [0.15, 0.2) is 0 Å². The van der Waals surface area contributed by atoms with Gasteiger partial charge in [0.1, 0.15) is 0 Å². The number of likely N-dealkylation sites (tertiary alicyclic amines) is 1. The van der Waals surface area contributed by atoms with Crippen molar-refractivity contribution in [3.8, 4) is 0 Å². The number of nitrogens with zero attached hydrogens (tertiary/aromatic N) is 3. The smallest absolute Gasteiger partial charge is 0.319 e. The Kier molecular flexibility index (Phi) is 7.65. The molecule has 3 amide bonds. The number of benzene rings is 1. The van der Waals surface area contributed by atoms with Crippen molar-refractivity contribution in [1.82, 2.24) is 14.1 Å². The van der Waals surface area contributed by atoms with Crippen LogP contribution in [-0.2, 0) is 14.8 Å². The average Bonchev–Trinajstić information content (AvgIpc) is 2.69. The summed E-state index contributed by atoms with van der Waals surface area (Å²) in [7, 11) is -0.185. The first-order chi connectivity index (χ1) is 13.6. The van der Waals surface area contributed by atoms with Gasteiger partial charge in [-0.15, -0.1) is 0 Å². The second-order valence-corrected chi connectivity index (χ2v) is 9.40. The van der Waals surface area contributed by atoms with Gasteiger partial charge < -0.3 is 15.1 Å². The fourth-order valence-electron chi connectivity index (χ4n) is 3.52. The Morgan fingerprint density at radius 1 is 1.14 bits per heavy atom. The third-order valence-corrected chi connectivity index (χ3v) is 7.49. The lowest BCUT2D eigenvalue weighted by atomic mass is 9.96. The van der Waals surface area contributed by atoms with E-state index in [9.17, 15) is 18.0 Å². The van der Waals surface area contributed by atoms with Crippen molar-refractivity contribution in [2.24, 2.45) is 5.92 Å². The SMILES string of the molecule is CCN(CC)S(=O)(=O)c1cc(NC(=O)C2CCN(C(=O)N(C)C)CC2)ccc1C. The van der Waals surface area contributed by atoms with E-state index in [0.717, 1.165) is 0 Å². The van der Waals surface area contributed by atoms with Crippen LogP contribution in [0.15, 0.2) is 23.1 Å². The summed E-state index contributed by atoms with van der Waals surface area (Å²) >= 11 is 0. The first-order valence-corrected chi connectivity index (χ1v) is 11.4. The van der Waals surface area contributed by atoms with Crippen molar-refractivity contribution >= 4 is 27.6 Å². The molecule has 0 spiro atoms. The Bertz CT molecular complexity index is 842. The minimum absolute atomic E-state index is 0.0476. The van der Waals surface area contributed by atoms with Crippen molar-refractivity contribution in [3.05, 3.63) is 23.8 Å². The Balaban J connectivity index is 2.10. The lowest BCUT2D eigenvalue weighted by Gasteiger charge is -2.33. The predicted molar refractivity (Wildman–Crippen MR) is 113 cm³/mol. The zero-order valence-corrected chi connectivity index (χ0v) is 18.8. The minimum atomic E-state index is -3.61. The molecule has 29 heavy (non-hydrogen) atoms. The van der Waals surface area contributed by atoms with Crippen LogP contribution in [0, 0.1) is 12.8 Å². The molecule has 1 aliphatic rings. The van der Waals surface area contributed by atoms with E-state index in [1.54, 1.807) is 51.9 Å². The van der Waals surface area contributed by atoms with E-state index in [2.05, 4.69) is 5.32 Å². The molecule has 0 bridgehead atoms. The van der Waals surface area contributed by atoms with Crippen LogP contribution in [0.1, 0.15) is 32.3 Å². The quantitative estimate of drug-likeness (QED) is 0.759. The topological polar surface area (TPSA) is 90.0 Å². The third kappa shape index (κ3) is 5.27. The molecule has 9 heteroatoms. The second kappa shape index (κ2) is 9.58. The van der Waals surface area contributed by atoms with Crippen LogP contribution in [0.3, 0.4) is 0 Å². The molecule has 1 aliphatic heterocycles. The molecule has 1 N–H and O–H groups in total. The van der Waals surface area contributed by atoms with Crippen molar-refractivity contribution in [3.63, 3.8) is 0 Å². The molecule has 0 aliphatic carbocycles. The highest BCUT2D eigenvalue weighted by molar-refractivity contribution is 7.89. The molecule has 0 unspecified atom stereocenters. The first-order valence-electron chi connectivity index (χ1n) is 9.99. The van der Waals surface area contributed by atoms with Crippen LogP contribution in [0.25, 0.3) is 0 Å². The molecule has 0 radical (unpaired) electrons. The van der Waals surface area contributed by atoms with Gasteiger partial charge in [-0.05, 0) is 37.5 Å². The zero-order chi connectivity index (χ0) is 21.8. The molecule has 1 fully saturated rings. The van der Waals surface area contributed by atoms with Gasteiger partial charge >= 0.3 is 6.03 Å². The van der Waals surface area contributed by atoms with E-state index in [1.165, 1.54) is 15.3 Å². The van der Waals surface area contributed by atoms with E-state index >= 15 is 0 Å². The van der Waals surface area contributed by atoms with Crippen LogP contribution >= 0.6 is 0 Å². The molecular formula is C20H32N4O4S. The number of amides is 3. The molecule has 162 valence electrons. The van der Waals surface area contributed by atoms with Gasteiger partial charge in [0.05, 0.1) is 4.90 Å². The summed E-state index contributed by atoms with van der Waals surface area (Å²) in [4.78, 5) is 28.2. The van der Waals surface area contributed by atoms with Gasteiger partial charge in [0, 0.05) is 51.9 Å². The largest absolute Gasteiger partial charge is 0.331 e. The molecule has 1 aromatic rings. The van der Waals surface area contributed by atoms with Crippen LogP contribution < -0.4 is 5.32 Å². The Hall–Kier alpha value is -2.13. The molecule has 2 rings (SSSR count). The summed E-state index contributed by atoms with van der Waals surface area (Å²) in [5.41, 5.74) is 1.11. The highest BCUT2D eigenvalue weighted by Crippen LogP contribution is 2.25. The number of carbonyl (C=O) groups excluding carboxylic acids is 2. The maximum atomic E-state index is 12.9. The first kappa shape index (κ1) is 23.2. The van der Waals surface area contributed by atoms with Gasteiger partial charge in [-0.25, -0.2) is 13.2 Å². The summed E-state index contributed by atoms with van der Waals surface area (Å²) in [6, 6.07) is 4.92. The maximum Gasteiger partial charge on any atom is 0.319 e. The van der Waals surface area contributed by atoms with Gasteiger partial charge in [-0.2, -0.15) is 4.31 Å². The number of hydrogen-bond acceptors (Lipinski definition) is 4. The normalized spacial score (nSPS) is 15.4. The van der Waals surface area contributed by atoms with E-state index in [-0.39, 0.29) is 22.8 Å². The lowest BCUT2D eigenvalue weighted by molar-refractivity contribution is -0.121. The fraction of sp³-hybridized carbons (Fsp3) is 0.600. The summed E-state index contributed by atoms with van der Waals surface area (Å²) in [5.74, 6) is -0.345. The number of piperidine rings is 1. The number of anilines is 1. The Morgan fingerprint density at radius 3 is 2.24 bits per heavy atom. The molecule has 1 saturated heterocycles. The molecule has 1 heterocycles. The fourth-order valence-corrected chi connectivity index (χ4v) is 5.23. The lowest BCUT2D eigenvalue weighted by Crippen LogP contribution is -2.45. The number of sulfonamides is 1. The van der Waals surface area contributed by atoms with E-state index in [1.807, 2.05) is 0 Å². The molecule has 0 saturated carbocycles. The van der Waals surface area contributed by atoms with Crippen LogP contribution in [-0.4, -0.2) is 74.7 Å². The molecular weight excluding hydrogens is 392 g/mol. The van der Waals surface area contributed by atoms with Crippen LogP contribution in [0.5, 0.6) is 0 Å². The molecule has 8 nitrogen and oxygen atoms in total. The number of carbonyl (C=O) groups is 2. The number of nitrogens with one attached hydrogen (secondary N) is 1. The van der Waals surface area contributed by atoms with Gasteiger partial charge in [-0.3, -0.25) is 4.79 Å². The third-order valence-electron chi connectivity index (χ3n) is 5.30. The highest BCUT2D eigenvalue weighted by Gasteiger charge is 2.29. The number of aryl methyl sites for hydroxylation is 1. The monoisotopic (exact) mass is 424 g/mol. The van der Waals surface area contributed by atoms with Gasteiger partial charge in [0.2, 0.25) is 15.9 Å². The van der Waals surface area contributed by atoms with E-state index in [0.29, 0.717) is 50.3 Å². The predicted octanol–water partition coefficient (Wildman–Crippen LogP) is 2.36. The van der Waals surface area contributed by atoms with Crippen molar-refractivity contribution < 1.29 is 18.0 Å². The summed E-state index contributed by atoms with van der Waals surface area (Å²) in [6.45, 7) is 7.19. The molecule has 0 aromatic heterocycles. The highest BCUT2D eigenvalue weighted by atomic mass is 32.2. The number of rotatable bonds is 6. The van der Waals surface area contributed by atoms with Crippen LogP contribution in [0.2, 0.25) is 0 Å². The standard InChI is InChI=1S/C20H32N4O4S/c1-6-24(7-2)29(27,28)18-14-17(9-8-15(18)3)21-19(25)16-10-12-23(13-11-16)20(26)22(4)5/h8-9,14,16H,6-7,10-13H2,1-5H3,(H,21,25). The summed E-state index contributed by atoms with van der Waals surface area (Å²) in [6.07, 6.45) is 1.17.